The van der Waals surface area contributed by atoms with Gasteiger partial charge in [0.1, 0.15) is 16.1 Å². The molecule has 3 nitrogen and oxygen atoms in total. The highest BCUT2D eigenvalue weighted by Gasteiger charge is 2.14. The van der Waals surface area contributed by atoms with E-state index in [1.807, 2.05) is 59.0 Å². The Morgan fingerprint density at radius 3 is 2.19 bits per heavy atom. The Morgan fingerprint density at radius 1 is 0.952 bits per heavy atom. The summed E-state index contributed by atoms with van der Waals surface area (Å²) < 4.78 is 6.04. The van der Waals surface area contributed by atoms with Crippen LogP contribution in [-0.4, -0.2) is 17.1 Å². The van der Waals surface area contributed by atoms with Gasteiger partial charge >= 0.3 is 0 Å². The second kappa shape index (κ2) is 5.94. The molecule has 0 unspecified atom stereocenters. The number of nitrogens with zero attached hydrogens (tertiary/aromatic N) is 2. The Kier molecular flexibility index (Phi) is 4.19. The minimum Gasteiger partial charge on any atom is -0.496 e. The summed E-state index contributed by atoms with van der Waals surface area (Å²) in [6, 6.07) is 11.7. The maximum absolute atomic E-state index is 6.11. The maximum atomic E-state index is 6.11. The summed E-state index contributed by atoms with van der Waals surface area (Å²) in [4.78, 5) is 8.66. The highest BCUT2D eigenvalue weighted by Crippen LogP contribution is 2.34. The predicted molar refractivity (Wildman–Crippen MR) is 94.3 cm³/mol. The van der Waals surface area contributed by atoms with Gasteiger partial charge in [0.15, 0.2) is 5.82 Å². The van der Waals surface area contributed by atoms with Gasteiger partial charge in [0.25, 0.3) is 0 Å². The molecule has 3 rings (SSSR count). The largest absolute Gasteiger partial charge is 0.496 e. The average molecular weight is 431 g/mol. The maximum Gasteiger partial charge on any atom is 0.163 e. The summed E-state index contributed by atoms with van der Waals surface area (Å²) in [5.74, 6) is 1.31. The number of methoxy groups -OCH3 is 1. The zero-order valence-electron chi connectivity index (χ0n) is 10.9. The molecule has 0 amide bonds. The van der Waals surface area contributed by atoms with Gasteiger partial charge < -0.3 is 4.74 Å². The number of benzene rings is 2. The molecule has 0 aliphatic heterocycles. The zero-order chi connectivity index (χ0) is 15.0. The van der Waals surface area contributed by atoms with Crippen molar-refractivity contribution in [2.45, 2.75) is 0 Å². The van der Waals surface area contributed by atoms with Crippen LogP contribution >= 0.6 is 45.8 Å². The number of halogens is 3. The van der Waals surface area contributed by atoms with Gasteiger partial charge in [0, 0.05) is 10.9 Å². The fourth-order valence-electron chi connectivity index (χ4n) is 2.16. The van der Waals surface area contributed by atoms with Gasteiger partial charge in [-0.2, -0.15) is 0 Å². The Labute approximate surface area is 145 Å². The van der Waals surface area contributed by atoms with Crippen molar-refractivity contribution >= 4 is 56.6 Å². The van der Waals surface area contributed by atoms with Crippen LogP contribution in [0, 0.1) is 3.57 Å². The second-order valence-corrected chi connectivity index (χ2v) is 6.10. The molecule has 0 radical (unpaired) electrons. The molecule has 1 heterocycles. The average Bonchev–Trinajstić information content (AvgIpc) is 2.51. The van der Waals surface area contributed by atoms with Crippen molar-refractivity contribution in [2.75, 3.05) is 7.11 Å². The summed E-state index contributed by atoms with van der Waals surface area (Å²) in [5.41, 5.74) is 0.867. The van der Waals surface area contributed by atoms with Crippen molar-refractivity contribution < 1.29 is 4.74 Å². The summed E-state index contributed by atoms with van der Waals surface area (Å²) in [6.07, 6.45) is 0. The van der Waals surface area contributed by atoms with Gasteiger partial charge in [-0.3, -0.25) is 0 Å². The first-order chi connectivity index (χ1) is 10.1. The van der Waals surface area contributed by atoms with Crippen LogP contribution in [0.4, 0.5) is 0 Å². The molecular weight excluding hydrogens is 422 g/mol. The number of aromatic nitrogens is 2. The third-order valence-corrected chi connectivity index (χ3v) is 5.32. The number of hydrogen-bond acceptors (Lipinski definition) is 3. The summed E-state index contributed by atoms with van der Waals surface area (Å²) >= 11 is 14.2. The molecule has 0 fully saturated rings. The van der Waals surface area contributed by atoms with Crippen molar-refractivity contribution in [3.05, 3.63) is 50.3 Å². The van der Waals surface area contributed by atoms with E-state index in [1.54, 1.807) is 7.11 Å². The smallest absolute Gasteiger partial charge is 0.163 e. The Hall–Kier alpha value is -1.11. The highest BCUT2D eigenvalue weighted by molar-refractivity contribution is 14.1. The summed E-state index contributed by atoms with van der Waals surface area (Å²) in [6.45, 7) is 0. The van der Waals surface area contributed by atoms with Crippen LogP contribution in [0.25, 0.3) is 22.2 Å². The molecule has 0 spiro atoms. The molecule has 0 aliphatic rings. The first-order valence-electron chi connectivity index (χ1n) is 6.06. The lowest BCUT2D eigenvalue weighted by molar-refractivity contribution is 0.420. The van der Waals surface area contributed by atoms with E-state index >= 15 is 0 Å². The van der Waals surface area contributed by atoms with Gasteiger partial charge in [0.05, 0.1) is 10.7 Å². The van der Waals surface area contributed by atoms with E-state index in [0.29, 0.717) is 19.7 Å². The Morgan fingerprint density at radius 2 is 1.57 bits per heavy atom. The monoisotopic (exact) mass is 430 g/mol. The topological polar surface area (TPSA) is 35.0 Å². The van der Waals surface area contributed by atoms with Crippen molar-refractivity contribution in [1.29, 1.82) is 0 Å². The van der Waals surface area contributed by atoms with E-state index in [9.17, 15) is 0 Å². The Balaban J connectivity index is 2.31. The normalized spacial score (nSPS) is 10.9. The highest BCUT2D eigenvalue weighted by atomic mass is 127. The summed E-state index contributed by atoms with van der Waals surface area (Å²) in [7, 11) is 1.65. The van der Waals surface area contributed by atoms with E-state index in [-0.39, 0.29) is 0 Å². The van der Waals surface area contributed by atoms with E-state index < -0.39 is 0 Å². The lowest BCUT2D eigenvalue weighted by Crippen LogP contribution is -1.95. The van der Waals surface area contributed by atoms with Gasteiger partial charge in [-0.1, -0.05) is 47.5 Å². The molecule has 6 heteroatoms. The van der Waals surface area contributed by atoms with E-state index in [1.165, 1.54) is 0 Å². The lowest BCUT2D eigenvalue weighted by Gasteiger charge is -2.10. The third kappa shape index (κ3) is 2.67. The fourth-order valence-corrected chi connectivity index (χ4v) is 2.79. The molecule has 21 heavy (non-hydrogen) atoms. The van der Waals surface area contributed by atoms with Crippen LogP contribution in [0.3, 0.4) is 0 Å². The molecule has 0 aliphatic carbocycles. The SMILES string of the molecule is COc1ccc(-c2nc(Cl)c(I)c(Cl)n2)c2ccccc12. The fraction of sp³-hybridized carbons (Fsp3) is 0.0667. The molecule has 0 atom stereocenters. The first kappa shape index (κ1) is 14.8. The first-order valence-corrected chi connectivity index (χ1v) is 7.90. The van der Waals surface area contributed by atoms with Crippen LogP contribution in [0.1, 0.15) is 0 Å². The number of ether oxygens (including phenoxy) is 1. The number of fused-ring (bicyclic) bond motifs is 1. The molecule has 0 bridgehead atoms. The Bertz CT molecular complexity index is 816. The van der Waals surface area contributed by atoms with Gasteiger partial charge in [-0.25, -0.2) is 9.97 Å². The van der Waals surface area contributed by atoms with Gasteiger partial charge in [0.2, 0.25) is 0 Å². The van der Waals surface area contributed by atoms with E-state index in [2.05, 4.69) is 9.97 Å². The molecule has 0 saturated carbocycles. The molecular formula is C15H9Cl2IN2O. The molecule has 1 aromatic heterocycles. The molecule has 2 aromatic carbocycles. The van der Waals surface area contributed by atoms with Gasteiger partial charge in [-0.15, -0.1) is 0 Å². The van der Waals surface area contributed by atoms with E-state index in [4.69, 9.17) is 27.9 Å². The van der Waals surface area contributed by atoms with Crippen LogP contribution in [0.15, 0.2) is 36.4 Å². The standard InChI is InChI=1S/C15H9Cl2IN2O/c1-21-11-7-6-10(8-4-2-3-5-9(8)11)15-19-13(16)12(18)14(17)20-15/h2-7H,1H3. The van der Waals surface area contributed by atoms with Crippen molar-refractivity contribution in [3.63, 3.8) is 0 Å². The predicted octanol–water partition coefficient (Wildman–Crippen LogP) is 5.22. The quantitative estimate of drug-likeness (QED) is 0.413. The second-order valence-electron chi connectivity index (χ2n) is 4.30. The van der Waals surface area contributed by atoms with Crippen LogP contribution in [-0.2, 0) is 0 Å². The summed E-state index contributed by atoms with van der Waals surface area (Å²) in [5, 5.41) is 2.69. The molecule has 0 N–H and O–H groups in total. The molecule has 0 saturated heterocycles. The minimum atomic E-state index is 0.352. The van der Waals surface area contributed by atoms with E-state index in [0.717, 1.165) is 22.1 Å². The van der Waals surface area contributed by atoms with Crippen molar-refractivity contribution in [1.82, 2.24) is 9.97 Å². The van der Waals surface area contributed by atoms with Crippen LogP contribution in [0.2, 0.25) is 10.3 Å². The molecule has 3 aromatic rings. The zero-order valence-corrected chi connectivity index (χ0v) is 14.6. The van der Waals surface area contributed by atoms with Gasteiger partial charge in [-0.05, 0) is 40.1 Å². The molecule has 106 valence electrons. The third-order valence-electron chi connectivity index (χ3n) is 3.12. The van der Waals surface area contributed by atoms with Crippen LogP contribution < -0.4 is 4.74 Å². The van der Waals surface area contributed by atoms with Crippen LogP contribution in [0.5, 0.6) is 5.75 Å². The van der Waals surface area contributed by atoms with Crippen molar-refractivity contribution in [3.8, 4) is 17.1 Å². The van der Waals surface area contributed by atoms with Crippen molar-refractivity contribution in [2.24, 2.45) is 0 Å². The lowest BCUT2D eigenvalue weighted by atomic mass is 10.0. The number of rotatable bonds is 2. The number of hydrogen-bond donors (Lipinski definition) is 0. The minimum absolute atomic E-state index is 0.352.